The first-order valence-electron chi connectivity index (χ1n) is 5.81. The Morgan fingerprint density at radius 2 is 1.71 bits per heavy atom. The van der Waals surface area contributed by atoms with Gasteiger partial charge in [0.25, 0.3) is 0 Å². The van der Waals surface area contributed by atoms with Gasteiger partial charge in [0.05, 0.1) is 0 Å². The van der Waals surface area contributed by atoms with Crippen LogP contribution in [0.3, 0.4) is 0 Å². The van der Waals surface area contributed by atoms with Gasteiger partial charge in [0, 0.05) is 6.04 Å². The van der Waals surface area contributed by atoms with Crippen LogP contribution in [0.25, 0.3) is 0 Å². The fourth-order valence-corrected chi connectivity index (χ4v) is 1.73. The SMILES string of the molecule is C[C@H](N)Cc1cccc(Oc2ccccc2)c1. The molecular formula is C15H17NO. The normalized spacial score (nSPS) is 12.1. The quantitative estimate of drug-likeness (QED) is 0.869. The topological polar surface area (TPSA) is 35.2 Å². The van der Waals surface area contributed by atoms with Gasteiger partial charge >= 0.3 is 0 Å². The smallest absolute Gasteiger partial charge is 0.127 e. The van der Waals surface area contributed by atoms with E-state index in [9.17, 15) is 0 Å². The number of benzene rings is 2. The molecule has 0 bridgehead atoms. The van der Waals surface area contributed by atoms with Gasteiger partial charge in [-0.15, -0.1) is 0 Å². The Balaban J connectivity index is 2.11. The summed E-state index contributed by atoms with van der Waals surface area (Å²) in [7, 11) is 0. The lowest BCUT2D eigenvalue weighted by atomic mass is 10.1. The Bertz CT molecular complexity index is 465. The molecule has 0 unspecified atom stereocenters. The average Bonchev–Trinajstić information content (AvgIpc) is 2.30. The van der Waals surface area contributed by atoms with Gasteiger partial charge in [0.15, 0.2) is 0 Å². The molecule has 0 amide bonds. The second kappa shape index (κ2) is 5.51. The van der Waals surface area contributed by atoms with E-state index in [4.69, 9.17) is 10.5 Å². The molecule has 0 heterocycles. The third-order valence-corrected chi connectivity index (χ3v) is 2.44. The van der Waals surface area contributed by atoms with Gasteiger partial charge in [0.2, 0.25) is 0 Å². The highest BCUT2D eigenvalue weighted by atomic mass is 16.5. The van der Waals surface area contributed by atoms with E-state index in [0.29, 0.717) is 0 Å². The molecule has 2 rings (SSSR count). The van der Waals surface area contributed by atoms with Crippen molar-refractivity contribution in [2.75, 3.05) is 0 Å². The fourth-order valence-electron chi connectivity index (χ4n) is 1.73. The van der Waals surface area contributed by atoms with Crippen LogP contribution < -0.4 is 10.5 Å². The molecule has 2 aromatic carbocycles. The van der Waals surface area contributed by atoms with E-state index in [1.165, 1.54) is 5.56 Å². The van der Waals surface area contributed by atoms with Crippen molar-refractivity contribution in [2.24, 2.45) is 5.73 Å². The lowest BCUT2D eigenvalue weighted by molar-refractivity contribution is 0.481. The molecule has 0 aliphatic rings. The molecule has 2 heteroatoms. The van der Waals surface area contributed by atoms with Crippen LogP contribution in [-0.2, 0) is 6.42 Å². The van der Waals surface area contributed by atoms with Gasteiger partial charge in [-0.3, -0.25) is 0 Å². The zero-order chi connectivity index (χ0) is 12.1. The summed E-state index contributed by atoms with van der Waals surface area (Å²) in [5, 5.41) is 0. The monoisotopic (exact) mass is 227 g/mol. The number of hydrogen-bond acceptors (Lipinski definition) is 2. The lowest BCUT2D eigenvalue weighted by Gasteiger charge is -2.09. The summed E-state index contributed by atoms with van der Waals surface area (Å²) in [5.74, 6) is 1.71. The third-order valence-electron chi connectivity index (χ3n) is 2.44. The van der Waals surface area contributed by atoms with E-state index < -0.39 is 0 Å². The maximum Gasteiger partial charge on any atom is 0.127 e. The van der Waals surface area contributed by atoms with Gasteiger partial charge in [-0.25, -0.2) is 0 Å². The van der Waals surface area contributed by atoms with Crippen molar-refractivity contribution in [3.63, 3.8) is 0 Å². The zero-order valence-electron chi connectivity index (χ0n) is 9.97. The van der Waals surface area contributed by atoms with Crippen molar-refractivity contribution in [3.8, 4) is 11.5 Å². The molecule has 0 spiro atoms. The van der Waals surface area contributed by atoms with E-state index in [2.05, 4.69) is 6.07 Å². The number of ether oxygens (including phenoxy) is 1. The Morgan fingerprint density at radius 3 is 2.41 bits per heavy atom. The minimum absolute atomic E-state index is 0.168. The molecular weight excluding hydrogens is 210 g/mol. The van der Waals surface area contributed by atoms with Crippen LogP contribution in [0.4, 0.5) is 0 Å². The fraction of sp³-hybridized carbons (Fsp3) is 0.200. The molecule has 0 fully saturated rings. The molecule has 88 valence electrons. The molecule has 0 radical (unpaired) electrons. The first-order valence-corrected chi connectivity index (χ1v) is 5.81. The predicted molar refractivity (Wildman–Crippen MR) is 70.3 cm³/mol. The highest BCUT2D eigenvalue weighted by Gasteiger charge is 2.01. The number of rotatable bonds is 4. The van der Waals surface area contributed by atoms with E-state index in [1.807, 2.05) is 55.5 Å². The highest BCUT2D eigenvalue weighted by molar-refractivity contribution is 5.34. The average molecular weight is 227 g/mol. The Hall–Kier alpha value is -1.80. The summed E-state index contributed by atoms with van der Waals surface area (Å²) < 4.78 is 5.76. The lowest BCUT2D eigenvalue weighted by Crippen LogP contribution is -2.17. The molecule has 0 saturated heterocycles. The summed E-state index contributed by atoms with van der Waals surface area (Å²) in [6.07, 6.45) is 0.867. The van der Waals surface area contributed by atoms with E-state index in [-0.39, 0.29) is 6.04 Å². The van der Waals surface area contributed by atoms with Gasteiger partial charge in [-0.2, -0.15) is 0 Å². The van der Waals surface area contributed by atoms with Crippen LogP contribution in [0.15, 0.2) is 54.6 Å². The van der Waals surface area contributed by atoms with Gasteiger partial charge in [0.1, 0.15) is 11.5 Å². The number of nitrogens with two attached hydrogens (primary N) is 1. The summed E-state index contributed by atoms with van der Waals surface area (Å²) in [6, 6.07) is 18.0. The summed E-state index contributed by atoms with van der Waals surface area (Å²) in [5.41, 5.74) is 6.99. The third kappa shape index (κ3) is 3.61. The maximum absolute atomic E-state index is 5.79. The standard InChI is InChI=1S/C15H17NO/c1-12(16)10-13-6-5-9-15(11-13)17-14-7-3-2-4-8-14/h2-9,11-12H,10,16H2,1H3/t12-/m0/s1. The second-order valence-corrected chi connectivity index (χ2v) is 4.24. The largest absolute Gasteiger partial charge is 0.457 e. The van der Waals surface area contributed by atoms with E-state index in [0.717, 1.165) is 17.9 Å². The maximum atomic E-state index is 5.79. The molecule has 2 nitrogen and oxygen atoms in total. The van der Waals surface area contributed by atoms with Crippen LogP contribution in [0.1, 0.15) is 12.5 Å². The summed E-state index contributed by atoms with van der Waals surface area (Å²) in [4.78, 5) is 0. The molecule has 0 saturated carbocycles. The zero-order valence-corrected chi connectivity index (χ0v) is 9.97. The van der Waals surface area contributed by atoms with Crippen molar-refractivity contribution in [1.82, 2.24) is 0 Å². The Kier molecular flexibility index (Phi) is 3.78. The molecule has 2 aromatic rings. The molecule has 0 aromatic heterocycles. The second-order valence-electron chi connectivity index (χ2n) is 4.24. The van der Waals surface area contributed by atoms with Crippen LogP contribution >= 0.6 is 0 Å². The number of para-hydroxylation sites is 1. The summed E-state index contributed by atoms with van der Waals surface area (Å²) in [6.45, 7) is 2.00. The molecule has 0 aliphatic carbocycles. The Morgan fingerprint density at radius 1 is 1.00 bits per heavy atom. The van der Waals surface area contributed by atoms with Gasteiger partial charge < -0.3 is 10.5 Å². The Labute approximate surface area is 102 Å². The van der Waals surface area contributed by atoms with Crippen LogP contribution in [-0.4, -0.2) is 6.04 Å². The first-order chi connectivity index (χ1) is 8.24. The van der Waals surface area contributed by atoms with Crippen LogP contribution in [0, 0.1) is 0 Å². The molecule has 1 atom stereocenters. The minimum Gasteiger partial charge on any atom is -0.457 e. The molecule has 2 N–H and O–H groups in total. The van der Waals surface area contributed by atoms with Gasteiger partial charge in [-0.1, -0.05) is 30.3 Å². The first kappa shape index (κ1) is 11.7. The van der Waals surface area contributed by atoms with Crippen LogP contribution in [0.2, 0.25) is 0 Å². The van der Waals surface area contributed by atoms with Crippen molar-refractivity contribution in [3.05, 3.63) is 60.2 Å². The predicted octanol–water partition coefficient (Wildman–Crippen LogP) is 3.37. The summed E-state index contributed by atoms with van der Waals surface area (Å²) >= 11 is 0. The number of hydrogen-bond donors (Lipinski definition) is 1. The van der Waals surface area contributed by atoms with Gasteiger partial charge in [-0.05, 0) is 43.2 Å². The van der Waals surface area contributed by atoms with Crippen LogP contribution in [0.5, 0.6) is 11.5 Å². The van der Waals surface area contributed by atoms with Crippen molar-refractivity contribution < 1.29 is 4.74 Å². The highest BCUT2D eigenvalue weighted by Crippen LogP contribution is 2.22. The van der Waals surface area contributed by atoms with E-state index >= 15 is 0 Å². The minimum atomic E-state index is 0.168. The molecule has 0 aliphatic heterocycles. The van der Waals surface area contributed by atoms with Crippen molar-refractivity contribution >= 4 is 0 Å². The van der Waals surface area contributed by atoms with E-state index in [1.54, 1.807) is 0 Å². The van der Waals surface area contributed by atoms with Crippen molar-refractivity contribution in [1.29, 1.82) is 0 Å². The van der Waals surface area contributed by atoms with Crippen molar-refractivity contribution in [2.45, 2.75) is 19.4 Å². The molecule has 17 heavy (non-hydrogen) atoms.